The fourth-order valence-corrected chi connectivity index (χ4v) is 3.74. The number of benzene rings is 1. The molecule has 0 atom stereocenters. The Balaban J connectivity index is 2.33. The van der Waals surface area contributed by atoms with Gasteiger partial charge in [0, 0.05) is 0 Å². The van der Waals surface area contributed by atoms with E-state index in [1.54, 1.807) is 6.92 Å². The zero-order valence-electron chi connectivity index (χ0n) is 9.21. The first-order valence-corrected chi connectivity index (χ1v) is 7.50. The number of anilines is 1. The number of halogens is 1. The third-order valence-corrected chi connectivity index (χ3v) is 5.12. The lowest BCUT2D eigenvalue weighted by atomic mass is 10.2. The van der Waals surface area contributed by atoms with Crippen molar-refractivity contribution in [2.24, 2.45) is 0 Å². The van der Waals surface area contributed by atoms with Gasteiger partial charge >= 0.3 is 0 Å². The van der Waals surface area contributed by atoms with Crippen molar-refractivity contribution in [2.45, 2.75) is 11.1 Å². The highest BCUT2D eigenvalue weighted by molar-refractivity contribution is 7.94. The molecular formula is C10H9ClN2O3S2. The highest BCUT2D eigenvalue weighted by Crippen LogP contribution is 2.27. The molecule has 0 bridgehead atoms. The predicted octanol–water partition coefficient (Wildman–Crippen LogP) is 2.61. The molecule has 0 fully saturated rings. The standard InChI is InChI=1S/C10H9ClN2O3S2/c1-6-4-7(14)2-3-8(6)13-18(15,16)9-5-12-10(11)17-9/h2-5,13-14H,1H3. The average molecular weight is 305 g/mol. The van der Waals surface area contributed by atoms with E-state index in [1.165, 1.54) is 24.4 Å². The minimum atomic E-state index is -3.69. The van der Waals surface area contributed by atoms with Crippen LogP contribution in [0.15, 0.2) is 28.6 Å². The second kappa shape index (κ2) is 4.75. The zero-order chi connectivity index (χ0) is 13.3. The van der Waals surface area contributed by atoms with E-state index in [-0.39, 0.29) is 14.4 Å². The summed E-state index contributed by atoms with van der Waals surface area (Å²) >= 11 is 6.48. The molecule has 1 aromatic carbocycles. The Labute approximate surface area is 113 Å². The molecule has 2 N–H and O–H groups in total. The molecule has 2 rings (SSSR count). The SMILES string of the molecule is Cc1cc(O)ccc1NS(=O)(=O)c1cnc(Cl)s1. The van der Waals surface area contributed by atoms with Crippen LogP contribution >= 0.6 is 22.9 Å². The number of phenols is 1. The van der Waals surface area contributed by atoms with Crippen LogP contribution in [0, 0.1) is 6.92 Å². The van der Waals surface area contributed by atoms with E-state index in [2.05, 4.69) is 9.71 Å². The summed E-state index contributed by atoms with van der Waals surface area (Å²) in [5.41, 5.74) is 1.02. The molecule has 8 heteroatoms. The zero-order valence-corrected chi connectivity index (χ0v) is 11.6. The maximum atomic E-state index is 12.0. The Hall–Kier alpha value is -1.31. The van der Waals surface area contributed by atoms with E-state index in [1.807, 2.05) is 0 Å². The maximum absolute atomic E-state index is 12.0. The van der Waals surface area contributed by atoms with Crippen LogP contribution in [0.3, 0.4) is 0 Å². The van der Waals surface area contributed by atoms with E-state index < -0.39 is 10.0 Å². The maximum Gasteiger partial charge on any atom is 0.273 e. The Morgan fingerprint density at radius 3 is 2.72 bits per heavy atom. The van der Waals surface area contributed by atoms with Gasteiger partial charge in [0.2, 0.25) is 0 Å². The quantitative estimate of drug-likeness (QED) is 0.854. The number of hydrogen-bond donors (Lipinski definition) is 2. The summed E-state index contributed by atoms with van der Waals surface area (Å²) in [4.78, 5) is 3.69. The Morgan fingerprint density at radius 1 is 1.44 bits per heavy atom. The molecular weight excluding hydrogens is 296 g/mol. The summed E-state index contributed by atoms with van der Waals surface area (Å²) in [5, 5.41) is 9.25. The first kappa shape index (κ1) is 13.1. The predicted molar refractivity (Wildman–Crippen MR) is 70.8 cm³/mol. The molecule has 0 spiro atoms. The van der Waals surface area contributed by atoms with Crippen LogP contribution in [0.1, 0.15) is 5.56 Å². The fraction of sp³-hybridized carbons (Fsp3) is 0.100. The van der Waals surface area contributed by atoms with Gasteiger partial charge in [-0.2, -0.15) is 0 Å². The Morgan fingerprint density at radius 2 is 2.17 bits per heavy atom. The van der Waals surface area contributed by atoms with Crippen molar-refractivity contribution in [1.82, 2.24) is 4.98 Å². The number of phenolic OH excluding ortho intramolecular Hbond substituents is 1. The number of sulfonamides is 1. The topological polar surface area (TPSA) is 79.3 Å². The van der Waals surface area contributed by atoms with Crippen molar-refractivity contribution >= 4 is 38.6 Å². The third-order valence-electron chi connectivity index (χ3n) is 2.18. The van der Waals surface area contributed by atoms with Crippen molar-refractivity contribution in [1.29, 1.82) is 0 Å². The second-order valence-electron chi connectivity index (χ2n) is 3.54. The van der Waals surface area contributed by atoms with Gasteiger partial charge in [0.25, 0.3) is 10.0 Å². The minimum absolute atomic E-state index is 0.0416. The number of rotatable bonds is 3. The molecule has 96 valence electrons. The van der Waals surface area contributed by atoms with E-state index in [9.17, 15) is 13.5 Å². The first-order chi connectivity index (χ1) is 8.38. The minimum Gasteiger partial charge on any atom is -0.508 e. The van der Waals surface area contributed by atoms with Crippen LogP contribution in [0.5, 0.6) is 5.75 Å². The van der Waals surface area contributed by atoms with Crippen molar-refractivity contribution in [3.8, 4) is 5.75 Å². The van der Waals surface area contributed by atoms with Crippen molar-refractivity contribution in [2.75, 3.05) is 4.72 Å². The summed E-state index contributed by atoms with van der Waals surface area (Å²) in [6.45, 7) is 1.69. The molecule has 0 aliphatic carbocycles. The van der Waals surface area contributed by atoms with Crippen molar-refractivity contribution in [3.05, 3.63) is 34.4 Å². The Kier molecular flexibility index (Phi) is 3.47. The monoisotopic (exact) mass is 304 g/mol. The van der Waals surface area contributed by atoms with Crippen LogP contribution in [0.4, 0.5) is 5.69 Å². The van der Waals surface area contributed by atoms with Gasteiger partial charge in [-0.1, -0.05) is 22.9 Å². The number of thiazole rings is 1. The van der Waals surface area contributed by atoms with Crippen LogP contribution in [0.2, 0.25) is 4.47 Å². The molecule has 0 aliphatic rings. The van der Waals surface area contributed by atoms with Crippen molar-refractivity contribution < 1.29 is 13.5 Å². The van der Waals surface area contributed by atoms with Gasteiger partial charge in [0.15, 0.2) is 8.68 Å². The molecule has 1 heterocycles. The molecule has 0 unspecified atom stereocenters. The lowest BCUT2D eigenvalue weighted by molar-refractivity contribution is 0.475. The highest BCUT2D eigenvalue weighted by Gasteiger charge is 2.18. The second-order valence-corrected chi connectivity index (χ2v) is 7.06. The molecule has 0 saturated carbocycles. The lowest BCUT2D eigenvalue weighted by Gasteiger charge is -2.08. The van der Waals surface area contributed by atoms with Gasteiger partial charge in [0.05, 0.1) is 11.9 Å². The van der Waals surface area contributed by atoms with Crippen LogP contribution in [-0.4, -0.2) is 18.5 Å². The molecule has 0 aliphatic heterocycles. The largest absolute Gasteiger partial charge is 0.508 e. The molecule has 0 amide bonds. The van der Waals surface area contributed by atoms with Gasteiger partial charge < -0.3 is 5.11 Å². The lowest BCUT2D eigenvalue weighted by Crippen LogP contribution is -2.12. The van der Waals surface area contributed by atoms with Crippen LogP contribution in [0.25, 0.3) is 0 Å². The van der Waals surface area contributed by atoms with Crippen molar-refractivity contribution in [3.63, 3.8) is 0 Å². The molecule has 0 saturated heterocycles. The average Bonchev–Trinajstić information content (AvgIpc) is 2.70. The Bertz CT molecular complexity index is 682. The van der Waals surface area contributed by atoms with Crippen LogP contribution < -0.4 is 4.72 Å². The molecule has 2 aromatic rings. The third kappa shape index (κ3) is 2.74. The van der Waals surface area contributed by atoms with E-state index in [4.69, 9.17) is 11.6 Å². The normalized spacial score (nSPS) is 11.4. The first-order valence-electron chi connectivity index (χ1n) is 4.82. The van der Waals surface area contributed by atoms with Gasteiger partial charge in [-0.05, 0) is 30.7 Å². The number of aromatic hydroxyl groups is 1. The number of aromatic nitrogens is 1. The number of nitrogens with one attached hydrogen (secondary N) is 1. The summed E-state index contributed by atoms with van der Waals surface area (Å²) < 4.78 is 26.6. The van der Waals surface area contributed by atoms with E-state index in [0.717, 1.165) is 11.3 Å². The summed E-state index contributed by atoms with van der Waals surface area (Å²) in [5.74, 6) is 0.0799. The van der Waals surface area contributed by atoms with Gasteiger partial charge in [0.1, 0.15) is 5.75 Å². The smallest absolute Gasteiger partial charge is 0.273 e. The van der Waals surface area contributed by atoms with Gasteiger partial charge in [-0.3, -0.25) is 4.72 Å². The molecule has 1 aromatic heterocycles. The van der Waals surface area contributed by atoms with E-state index in [0.29, 0.717) is 11.3 Å². The van der Waals surface area contributed by atoms with Crippen LogP contribution in [-0.2, 0) is 10.0 Å². The summed E-state index contributed by atoms with van der Waals surface area (Å²) in [6, 6.07) is 4.37. The summed E-state index contributed by atoms with van der Waals surface area (Å²) in [6.07, 6.45) is 1.20. The molecule has 0 radical (unpaired) electrons. The van der Waals surface area contributed by atoms with Gasteiger partial charge in [-0.25, -0.2) is 13.4 Å². The van der Waals surface area contributed by atoms with E-state index >= 15 is 0 Å². The summed E-state index contributed by atoms with van der Waals surface area (Å²) in [7, 11) is -3.69. The number of hydrogen-bond acceptors (Lipinski definition) is 5. The fourth-order valence-electron chi connectivity index (χ4n) is 1.32. The van der Waals surface area contributed by atoms with Gasteiger partial charge in [-0.15, -0.1) is 0 Å². The molecule has 5 nitrogen and oxygen atoms in total. The highest BCUT2D eigenvalue weighted by atomic mass is 35.5. The number of aryl methyl sites for hydroxylation is 1. The molecule has 18 heavy (non-hydrogen) atoms. The number of nitrogens with zero attached hydrogens (tertiary/aromatic N) is 1.